The first-order valence-corrected chi connectivity index (χ1v) is 6.39. The standard InChI is InChI=1S/C16H17N3O/c1-12(14-3-2-10-18-11-14)19-16(20)9-6-13-4-7-15(17)8-5-13/h2-12H,17H2,1H3,(H,19,20)/b9-6+/t12-/m0/s1. The number of nitrogens with two attached hydrogens (primary N) is 1. The van der Waals surface area contributed by atoms with E-state index < -0.39 is 0 Å². The first-order valence-electron chi connectivity index (χ1n) is 6.39. The number of nitrogen functional groups attached to an aromatic ring is 1. The van der Waals surface area contributed by atoms with Crippen LogP contribution in [-0.4, -0.2) is 10.9 Å². The van der Waals surface area contributed by atoms with Gasteiger partial charge in [0.25, 0.3) is 0 Å². The van der Waals surface area contributed by atoms with Crippen LogP contribution in [0, 0.1) is 0 Å². The van der Waals surface area contributed by atoms with Gasteiger partial charge in [-0.2, -0.15) is 0 Å². The number of carbonyl (C=O) groups is 1. The van der Waals surface area contributed by atoms with Crippen LogP contribution in [-0.2, 0) is 4.79 Å². The summed E-state index contributed by atoms with van der Waals surface area (Å²) in [7, 11) is 0. The Bertz CT molecular complexity index is 591. The Morgan fingerprint density at radius 3 is 2.70 bits per heavy atom. The van der Waals surface area contributed by atoms with Crippen molar-refractivity contribution in [3.8, 4) is 0 Å². The van der Waals surface area contributed by atoms with Gasteiger partial charge in [-0.15, -0.1) is 0 Å². The number of carbonyl (C=O) groups excluding carboxylic acids is 1. The van der Waals surface area contributed by atoms with Gasteiger partial charge in [0, 0.05) is 24.2 Å². The van der Waals surface area contributed by atoms with Crippen molar-refractivity contribution in [2.45, 2.75) is 13.0 Å². The Morgan fingerprint density at radius 1 is 1.30 bits per heavy atom. The van der Waals surface area contributed by atoms with E-state index in [1.54, 1.807) is 30.6 Å². The molecule has 0 saturated carbocycles. The highest BCUT2D eigenvalue weighted by Crippen LogP contribution is 2.10. The van der Waals surface area contributed by atoms with Gasteiger partial charge in [0.15, 0.2) is 0 Å². The van der Waals surface area contributed by atoms with Crippen molar-refractivity contribution in [2.24, 2.45) is 0 Å². The molecule has 1 atom stereocenters. The molecule has 2 aromatic rings. The normalized spacial score (nSPS) is 12.2. The van der Waals surface area contributed by atoms with Crippen LogP contribution < -0.4 is 11.1 Å². The third-order valence-electron chi connectivity index (χ3n) is 2.91. The second kappa shape index (κ2) is 6.52. The molecule has 4 nitrogen and oxygen atoms in total. The van der Waals surface area contributed by atoms with Crippen molar-refractivity contribution in [3.63, 3.8) is 0 Å². The van der Waals surface area contributed by atoms with Crippen molar-refractivity contribution in [1.29, 1.82) is 0 Å². The first-order chi connectivity index (χ1) is 9.65. The van der Waals surface area contributed by atoms with Crippen molar-refractivity contribution >= 4 is 17.7 Å². The summed E-state index contributed by atoms with van der Waals surface area (Å²) in [6, 6.07) is 11.0. The predicted molar refractivity (Wildman–Crippen MR) is 80.7 cm³/mol. The van der Waals surface area contributed by atoms with Crippen LogP contribution in [0.3, 0.4) is 0 Å². The molecule has 3 N–H and O–H groups in total. The zero-order chi connectivity index (χ0) is 14.4. The molecule has 0 unspecified atom stereocenters. The molecule has 1 heterocycles. The Kier molecular flexibility index (Phi) is 4.50. The molecule has 0 bridgehead atoms. The van der Waals surface area contributed by atoms with Crippen LogP contribution in [0.1, 0.15) is 24.1 Å². The number of hydrogen-bond acceptors (Lipinski definition) is 3. The number of anilines is 1. The third-order valence-corrected chi connectivity index (χ3v) is 2.91. The Labute approximate surface area is 118 Å². The smallest absolute Gasteiger partial charge is 0.244 e. The highest BCUT2D eigenvalue weighted by atomic mass is 16.1. The summed E-state index contributed by atoms with van der Waals surface area (Å²) in [5, 5.41) is 2.89. The summed E-state index contributed by atoms with van der Waals surface area (Å²) >= 11 is 0. The van der Waals surface area contributed by atoms with Crippen LogP contribution in [0.5, 0.6) is 0 Å². The van der Waals surface area contributed by atoms with E-state index in [9.17, 15) is 4.79 Å². The lowest BCUT2D eigenvalue weighted by Gasteiger charge is -2.11. The highest BCUT2D eigenvalue weighted by molar-refractivity contribution is 5.92. The average molecular weight is 267 g/mol. The lowest BCUT2D eigenvalue weighted by Crippen LogP contribution is -2.24. The maximum Gasteiger partial charge on any atom is 0.244 e. The van der Waals surface area contributed by atoms with E-state index >= 15 is 0 Å². The second-order valence-electron chi connectivity index (χ2n) is 4.52. The molecule has 0 aliphatic heterocycles. The summed E-state index contributed by atoms with van der Waals surface area (Å²) in [6.45, 7) is 1.92. The fourth-order valence-corrected chi connectivity index (χ4v) is 1.76. The van der Waals surface area contributed by atoms with Gasteiger partial charge in [0.05, 0.1) is 6.04 Å². The molecule has 0 radical (unpaired) electrons. The first kappa shape index (κ1) is 13.8. The van der Waals surface area contributed by atoms with Gasteiger partial charge in [-0.05, 0) is 42.3 Å². The van der Waals surface area contributed by atoms with E-state index in [4.69, 9.17) is 5.73 Å². The van der Waals surface area contributed by atoms with Crippen molar-refractivity contribution in [3.05, 3.63) is 66.0 Å². The summed E-state index contributed by atoms with van der Waals surface area (Å²) < 4.78 is 0. The van der Waals surface area contributed by atoms with Gasteiger partial charge < -0.3 is 11.1 Å². The van der Waals surface area contributed by atoms with Crippen molar-refractivity contribution < 1.29 is 4.79 Å². The minimum Gasteiger partial charge on any atom is -0.399 e. The van der Waals surface area contributed by atoms with E-state index in [1.807, 2.05) is 31.2 Å². The molecule has 1 amide bonds. The lowest BCUT2D eigenvalue weighted by atomic mass is 10.1. The number of benzene rings is 1. The van der Waals surface area contributed by atoms with Gasteiger partial charge in [-0.1, -0.05) is 18.2 Å². The van der Waals surface area contributed by atoms with Crippen LogP contribution in [0.15, 0.2) is 54.9 Å². The fourth-order valence-electron chi connectivity index (χ4n) is 1.76. The highest BCUT2D eigenvalue weighted by Gasteiger charge is 2.06. The van der Waals surface area contributed by atoms with Crippen LogP contribution in [0.4, 0.5) is 5.69 Å². The van der Waals surface area contributed by atoms with Gasteiger partial charge in [0.2, 0.25) is 5.91 Å². The monoisotopic (exact) mass is 267 g/mol. The zero-order valence-electron chi connectivity index (χ0n) is 11.3. The Hall–Kier alpha value is -2.62. The van der Waals surface area contributed by atoms with E-state index in [-0.39, 0.29) is 11.9 Å². The molecule has 2 rings (SSSR count). The summed E-state index contributed by atoms with van der Waals surface area (Å²) in [5.74, 6) is -0.141. The molecule has 20 heavy (non-hydrogen) atoms. The minimum atomic E-state index is -0.141. The quantitative estimate of drug-likeness (QED) is 0.660. The molecule has 0 fully saturated rings. The van der Waals surface area contributed by atoms with Crippen molar-refractivity contribution in [2.75, 3.05) is 5.73 Å². The van der Waals surface area contributed by atoms with E-state index in [1.165, 1.54) is 6.08 Å². The Morgan fingerprint density at radius 2 is 2.05 bits per heavy atom. The number of rotatable bonds is 4. The molecule has 1 aromatic heterocycles. The topological polar surface area (TPSA) is 68.0 Å². The third kappa shape index (κ3) is 3.95. The molecule has 1 aromatic carbocycles. The molecule has 102 valence electrons. The molecule has 0 aliphatic carbocycles. The van der Waals surface area contributed by atoms with Crippen LogP contribution in [0.25, 0.3) is 6.08 Å². The van der Waals surface area contributed by atoms with E-state index in [0.717, 1.165) is 11.1 Å². The van der Waals surface area contributed by atoms with Gasteiger partial charge >= 0.3 is 0 Å². The molecule has 4 heteroatoms. The molecule has 0 spiro atoms. The van der Waals surface area contributed by atoms with Gasteiger partial charge in [0.1, 0.15) is 0 Å². The number of amides is 1. The van der Waals surface area contributed by atoms with E-state index in [2.05, 4.69) is 10.3 Å². The minimum absolute atomic E-state index is 0.0766. The number of aromatic nitrogens is 1. The number of nitrogens with one attached hydrogen (secondary N) is 1. The lowest BCUT2D eigenvalue weighted by molar-refractivity contribution is -0.117. The zero-order valence-corrected chi connectivity index (χ0v) is 11.3. The summed E-state index contributed by atoms with van der Waals surface area (Å²) in [4.78, 5) is 15.9. The SMILES string of the molecule is C[C@H](NC(=O)/C=C/c1ccc(N)cc1)c1cccnc1. The number of hydrogen-bond donors (Lipinski definition) is 2. The molecule has 0 saturated heterocycles. The number of pyridine rings is 1. The van der Waals surface area contributed by atoms with Gasteiger partial charge in [-0.3, -0.25) is 9.78 Å². The van der Waals surface area contributed by atoms with E-state index in [0.29, 0.717) is 5.69 Å². The fraction of sp³-hybridized carbons (Fsp3) is 0.125. The molecule has 0 aliphatic rings. The summed E-state index contributed by atoms with van der Waals surface area (Å²) in [5.41, 5.74) is 8.22. The van der Waals surface area contributed by atoms with Crippen LogP contribution in [0.2, 0.25) is 0 Å². The second-order valence-corrected chi connectivity index (χ2v) is 4.52. The molecular weight excluding hydrogens is 250 g/mol. The summed E-state index contributed by atoms with van der Waals surface area (Å²) in [6.07, 6.45) is 6.72. The molecular formula is C16H17N3O. The maximum atomic E-state index is 11.8. The average Bonchev–Trinajstić information content (AvgIpc) is 2.47. The van der Waals surface area contributed by atoms with Crippen molar-refractivity contribution in [1.82, 2.24) is 10.3 Å². The largest absolute Gasteiger partial charge is 0.399 e. The Balaban J connectivity index is 1.94. The van der Waals surface area contributed by atoms with Crippen LogP contribution >= 0.6 is 0 Å². The maximum absolute atomic E-state index is 11.8. The predicted octanol–water partition coefficient (Wildman–Crippen LogP) is 2.55. The number of nitrogens with zero attached hydrogens (tertiary/aromatic N) is 1. The van der Waals surface area contributed by atoms with Gasteiger partial charge in [-0.25, -0.2) is 0 Å².